The number of para-hydroxylation sites is 1. The molecule has 1 aliphatic rings. The number of nitrogens with zero attached hydrogens (tertiary/aromatic N) is 1. The Morgan fingerprint density at radius 2 is 2.09 bits per heavy atom. The summed E-state index contributed by atoms with van der Waals surface area (Å²) in [6.45, 7) is 2.58. The lowest BCUT2D eigenvalue weighted by Crippen LogP contribution is -2.31. The molecule has 0 aliphatic carbocycles. The van der Waals surface area contributed by atoms with Crippen LogP contribution in [0.4, 0.5) is 4.79 Å². The van der Waals surface area contributed by atoms with Crippen LogP contribution in [-0.2, 0) is 4.79 Å². The number of carbonyl (C=O) groups is 2. The van der Waals surface area contributed by atoms with Crippen LogP contribution in [-0.4, -0.2) is 48.0 Å². The molecule has 120 valence electrons. The number of benzene rings is 1. The number of thioether (sulfide) groups is 1. The van der Waals surface area contributed by atoms with Crippen LogP contribution in [0.2, 0.25) is 0 Å². The fraction of sp³-hybridized carbons (Fsp3) is 0.500. The van der Waals surface area contributed by atoms with E-state index in [9.17, 15) is 9.59 Å². The molecule has 0 bridgehead atoms. The van der Waals surface area contributed by atoms with Crippen LogP contribution in [0.15, 0.2) is 30.3 Å². The molecule has 5 nitrogen and oxygen atoms in total. The number of rotatable bonds is 9. The van der Waals surface area contributed by atoms with Gasteiger partial charge in [0.15, 0.2) is 0 Å². The fourth-order valence-electron chi connectivity index (χ4n) is 2.12. The molecule has 0 atom stereocenters. The zero-order chi connectivity index (χ0) is 15.6. The SMILES string of the molecule is O=C(CCN1CCSC1=O)NCCCCOc1ccccc1. The monoisotopic (exact) mass is 322 g/mol. The number of ether oxygens (including phenoxy) is 1. The third kappa shape index (κ3) is 5.97. The molecule has 1 N–H and O–H groups in total. The van der Waals surface area contributed by atoms with E-state index < -0.39 is 0 Å². The molecule has 0 saturated carbocycles. The molecule has 1 aromatic carbocycles. The Kier molecular flexibility index (Phi) is 7.09. The lowest BCUT2D eigenvalue weighted by atomic mass is 10.3. The summed E-state index contributed by atoms with van der Waals surface area (Å²) < 4.78 is 5.58. The van der Waals surface area contributed by atoms with Crippen molar-refractivity contribution in [2.45, 2.75) is 19.3 Å². The molecule has 1 saturated heterocycles. The number of amides is 2. The molecule has 0 unspecified atom stereocenters. The topological polar surface area (TPSA) is 58.6 Å². The highest BCUT2D eigenvalue weighted by Gasteiger charge is 2.21. The Bertz CT molecular complexity index is 482. The van der Waals surface area contributed by atoms with Crippen molar-refractivity contribution >= 4 is 22.9 Å². The first-order valence-corrected chi connectivity index (χ1v) is 8.60. The van der Waals surface area contributed by atoms with Crippen molar-refractivity contribution in [3.8, 4) is 5.75 Å². The van der Waals surface area contributed by atoms with Crippen LogP contribution < -0.4 is 10.1 Å². The first-order valence-electron chi connectivity index (χ1n) is 7.62. The first kappa shape index (κ1) is 16.7. The van der Waals surface area contributed by atoms with Gasteiger partial charge in [-0.1, -0.05) is 30.0 Å². The van der Waals surface area contributed by atoms with Crippen molar-refractivity contribution < 1.29 is 14.3 Å². The Morgan fingerprint density at radius 1 is 1.27 bits per heavy atom. The van der Waals surface area contributed by atoms with Gasteiger partial charge in [-0.3, -0.25) is 9.59 Å². The summed E-state index contributed by atoms with van der Waals surface area (Å²) in [5.74, 6) is 1.72. The molecule has 0 aromatic heterocycles. The molecule has 1 heterocycles. The van der Waals surface area contributed by atoms with E-state index in [1.165, 1.54) is 11.8 Å². The number of unbranched alkanes of at least 4 members (excludes halogenated alkanes) is 1. The van der Waals surface area contributed by atoms with Crippen molar-refractivity contribution in [2.24, 2.45) is 0 Å². The largest absolute Gasteiger partial charge is 0.494 e. The summed E-state index contributed by atoms with van der Waals surface area (Å²) in [4.78, 5) is 24.8. The quantitative estimate of drug-likeness (QED) is 0.710. The van der Waals surface area contributed by atoms with Gasteiger partial charge in [0.05, 0.1) is 6.61 Å². The van der Waals surface area contributed by atoms with Gasteiger partial charge < -0.3 is 15.0 Å². The van der Waals surface area contributed by atoms with Crippen molar-refractivity contribution in [1.29, 1.82) is 0 Å². The van der Waals surface area contributed by atoms with Crippen LogP contribution >= 0.6 is 11.8 Å². The summed E-state index contributed by atoms with van der Waals surface area (Å²) in [7, 11) is 0. The van der Waals surface area contributed by atoms with Gasteiger partial charge in [0.25, 0.3) is 5.24 Å². The third-order valence-electron chi connectivity index (χ3n) is 3.36. The van der Waals surface area contributed by atoms with E-state index in [4.69, 9.17) is 4.74 Å². The van der Waals surface area contributed by atoms with E-state index in [1.54, 1.807) is 4.90 Å². The molecule has 2 rings (SSSR count). The van der Waals surface area contributed by atoms with Crippen LogP contribution in [0.1, 0.15) is 19.3 Å². The minimum atomic E-state index is 0.00803. The molecule has 1 fully saturated rings. The van der Waals surface area contributed by atoms with E-state index in [1.807, 2.05) is 30.3 Å². The Hall–Kier alpha value is -1.69. The second-order valence-corrected chi connectivity index (χ2v) is 6.12. The fourth-order valence-corrected chi connectivity index (χ4v) is 2.97. The number of nitrogens with one attached hydrogen (secondary N) is 1. The standard InChI is InChI=1S/C16H22N2O3S/c19-15(8-10-18-11-13-22-16(18)20)17-9-4-5-12-21-14-6-2-1-3-7-14/h1-3,6-7H,4-5,8-13H2,(H,17,19). The normalized spacial score (nSPS) is 14.2. The molecule has 22 heavy (non-hydrogen) atoms. The van der Waals surface area contributed by atoms with Gasteiger partial charge in [-0.25, -0.2) is 0 Å². The molecule has 1 aliphatic heterocycles. The second kappa shape index (κ2) is 9.35. The average molecular weight is 322 g/mol. The van der Waals surface area contributed by atoms with E-state index in [2.05, 4.69) is 5.32 Å². The van der Waals surface area contributed by atoms with Gasteiger partial charge >= 0.3 is 0 Å². The molecule has 1 aromatic rings. The van der Waals surface area contributed by atoms with Crippen molar-refractivity contribution in [3.63, 3.8) is 0 Å². The van der Waals surface area contributed by atoms with Crippen LogP contribution in [0, 0.1) is 0 Å². The van der Waals surface area contributed by atoms with E-state index in [0.717, 1.165) is 30.9 Å². The molecular formula is C16H22N2O3S. The predicted molar refractivity (Wildman–Crippen MR) is 88.2 cm³/mol. The lowest BCUT2D eigenvalue weighted by Gasteiger charge is -2.13. The number of hydrogen-bond donors (Lipinski definition) is 1. The van der Waals surface area contributed by atoms with Gasteiger partial charge in [0.2, 0.25) is 5.91 Å². The molecule has 0 spiro atoms. The van der Waals surface area contributed by atoms with Gasteiger partial charge in [-0.2, -0.15) is 0 Å². The zero-order valence-electron chi connectivity index (χ0n) is 12.6. The van der Waals surface area contributed by atoms with Gasteiger partial charge in [-0.05, 0) is 25.0 Å². The second-order valence-electron chi connectivity index (χ2n) is 5.07. The maximum atomic E-state index is 11.7. The molecule has 6 heteroatoms. The number of hydrogen-bond acceptors (Lipinski definition) is 4. The van der Waals surface area contributed by atoms with Crippen LogP contribution in [0.5, 0.6) is 5.75 Å². The highest BCUT2D eigenvalue weighted by molar-refractivity contribution is 8.13. The average Bonchev–Trinajstić information content (AvgIpc) is 2.95. The summed E-state index contributed by atoms with van der Waals surface area (Å²) in [6, 6.07) is 9.70. The minimum absolute atomic E-state index is 0.00803. The summed E-state index contributed by atoms with van der Waals surface area (Å²) >= 11 is 1.32. The smallest absolute Gasteiger partial charge is 0.281 e. The minimum Gasteiger partial charge on any atom is -0.494 e. The highest BCUT2D eigenvalue weighted by Crippen LogP contribution is 2.16. The van der Waals surface area contributed by atoms with E-state index >= 15 is 0 Å². The Balaban J connectivity index is 1.46. The first-order chi connectivity index (χ1) is 10.8. The highest BCUT2D eigenvalue weighted by atomic mass is 32.2. The number of carbonyl (C=O) groups excluding carboxylic acids is 2. The molecule has 0 radical (unpaired) electrons. The lowest BCUT2D eigenvalue weighted by molar-refractivity contribution is -0.121. The third-order valence-corrected chi connectivity index (χ3v) is 4.25. The molecule has 2 amide bonds. The van der Waals surface area contributed by atoms with Crippen molar-refractivity contribution in [2.75, 3.05) is 32.0 Å². The van der Waals surface area contributed by atoms with Crippen LogP contribution in [0.25, 0.3) is 0 Å². The summed E-state index contributed by atoms with van der Waals surface area (Å²) in [5, 5.41) is 2.97. The van der Waals surface area contributed by atoms with Gasteiger partial charge in [0.1, 0.15) is 5.75 Å². The van der Waals surface area contributed by atoms with Crippen LogP contribution in [0.3, 0.4) is 0 Å². The Labute approximate surface area is 135 Å². The van der Waals surface area contributed by atoms with Gasteiger partial charge in [-0.15, -0.1) is 0 Å². The van der Waals surface area contributed by atoms with Crippen molar-refractivity contribution in [1.82, 2.24) is 10.2 Å². The summed E-state index contributed by atoms with van der Waals surface area (Å²) in [5.41, 5.74) is 0. The maximum Gasteiger partial charge on any atom is 0.281 e. The zero-order valence-corrected chi connectivity index (χ0v) is 13.4. The van der Waals surface area contributed by atoms with Crippen molar-refractivity contribution in [3.05, 3.63) is 30.3 Å². The predicted octanol–water partition coefficient (Wildman–Crippen LogP) is 2.52. The Morgan fingerprint density at radius 3 is 2.82 bits per heavy atom. The van der Waals surface area contributed by atoms with E-state index in [0.29, 0.717) is 26.1 Å². The van der Waals surface area contributed by atoms with Gasteiger partial charge in [0, 0.05) is 31.8 Å². The maximum absolute atomic E-state index is 11.7. The molecular weight excluding hydrogens is 300 g/mol. The summed E-state index contributed by atoms with van der Waals surface area (Å²) in [6.07, 6.45) is 2.17. The van der Waals surface area contributed by atoms with E-state index in [-0.39, 0.29) is 11.1 Å².